The van der Waals surface area contributed by atoms with Crippen molar-refractivity contribution in [2.24, 2.45) is 0 Å². The molecule has 0 aromatic rings. The third-order valence-electron chi connectivity index (χ3n) is 0.920. The Morgan fingerprint density at radius 2 is 0.812 bits per heavy atom. The summed E-state index contributed by atoms with van der Waals surface area (Å²) >= 11 is 0. The van der Waals surface area contributed by atoms with Crippen molar-refractivity contribution in [1.82, 2.24) is 0 Å². The van der Waals surface area contributed by atoms with Crippen LogP contribution in [0.4, 0.5) is 26.3 Å². The van der Waals surface area contributed by atoms with Crippen molar-refractivity contribution >= 4 is 19.7 Å². The molecular weight excluding hydrogens is 290 g/mol. The SMILES string of the molecule is O=S(=O)(C#CS(=O)(=O)C(F)(F)F)C(F)(F)F. The minimum Gasteiger partial charge on any atom is -0.206 e. The summed E-state index contributed by atoms with van der Waals surface area (Å²) in [6.45, 7) is 0. The van der Waals surface area contributed by atoms with Gasteiger partial charge in [-0.25, -0.2) is 16.8 Å². The summed E-state index contributed by atoms with van der Waals surface area (Å²) in [7, 11) is -12.5. The van der Waals surface area contributed by atoms with Crippen molar-refractivity contribution in [3.05, 3.63) is 0 Å². The lowest BCUT2D eigenvalue weighted by Crippen LogP contribution is -2.24. The first-order chi connectivity index (χ1) is 6.71. The molecule has 12 heteroatoms. The predicted octanol–water partition coefficient (Wildman–Crippen LogP) is 0.774. The Bertz CT molecular complexity index is 476. The molecule has 0 aromatic carbocycles. The Labute approximate surface area is 85.1 Å². The molecule has 0 atom stereocenters. The Morgan fingerprint density at radius 3 is 0.938 bits per heavy atom. The van der Waals surface area contributed by atoms with Gasteiger partial charge in [0.05, 0.1) is 10.5 Å². The maximum Gasteiger partial charge on any atom is 0.509 e. The van der Waals surface area contributed by atoms with Gasteiger partial charge < -0.3 is 0 Å². The topological polar surface area (TPSA) is 68.3 Å². The zero-order valence-corrected chi connectivity index (χ0v) is 8.35. The lowest BCUT2D eigenvalue weighted by Gasteiger charge is -2.01. The highest BCUT2D eigenvalue weighted by molar-refractivity contribution is 8.00. The minimum absolute atomic E-state index is 0.0350. The van der Waals surface area contributed by atoms with Crippen LogP contribution in [0.1, 0.15) is 0 Å². The molecule has 4 nitrogen and oxygen atoms in total. The average Bonchev–Trinajstić information content (AvgIpc) is 1.97. The first-order valence-corrected chi connectivity index (χ1v) is 5.83. The molecule has 0 aromatic heterocycles. The van der Waals surface area contributed by atoms with E-state index in [0.29, 0.717) is 0 Å². The Morgan fingerprint density at radius 1 is 0.625 bits per heavy atom. The molecule has 0 aliphatic rings. The van der Waals surface area contributed by atoms with Gasteiger partial charge in [0, 0.05) is 0 Å². The smallest absolute Gasteiger partial charge is 0.206 e. The number of halogens is 6. The van der Waals surface area contributed by atoms with Gasteiger partial charge in [0.15, 0.2) is 0 Å². The summed E-state index contributed by atoms with van der Waals surface area (Å²) in [6, 6.07) is 0. The van der Waals surface area contributed by atoms with Gasteiger partial charge in [-0.3, -0.25) is 0 Å². The van der Waals surface area contributed by atoms with E-state index in [1.54, 1.807) is 0 Å². The molecule has 0 aliphatic heterocycles. The van der Waals surface area contributed by atoms with E-state index in [4.69, 9.17) is 0 Å². The average molecular weight is 290 g/mol. The maximum atomic E-state index is 11.5. The van der Waals surface area contributed by atoms with E-state index >= 15 is 0 Å². The fourth-order valence-corrected chi connectivity index (χ4v) is 1.33. The molecule has 0 N–H and O–H groups in total. The quantitative estimate of drug-likeness (QED) is 0.488. The first-order valence-electron chi connectivity index (χ1n) is 2.87. The van der Waals surface area contributed by atoms with Crippen molar-refractivity contribution < 1.29 is 43.2 Å². The highest BCUT2D eigenvalue weighted by Crippen LogP contribution is 2.25. The highest BCUT2D eigenvalue weighted by atomic mass is 32.2. The summed E-state index contributed by atoms with van der Waals surface area (Å²) in [5.74, 6) is 0. The summed E-state index contributed by atoms with van der Waals surface area (Å²) in [6.07, 6.45) is 0. The predicted molar refractivity (Wildman–Crippen MR) is 37.7 cm³/mol. The molecule has 0 bridgehead atoms. The summed E-state index contributed by atoms with van der Waals surface area (Å²) in [5, 5.41) is 0.0700. The Balaban J connectivity index is 5.54. The van der Waals surface area contributed by atoms with E-state index in [-0.39, 0.29) is 10.5 Å². The van der Waals surface area contributed by atoms with Gasteiger partial charge in [0.1, 0.15) is 0 Å². The van der Waals surface area contributed by atoms with Crippen LogP contribution in [-0.2, 0) is 19.7 Å². The van der Waals surface area contributed by atoms with E-state index in [2.05, 4.69) is 0 Å². The summed E-state index contributed by atoms with van der Waals surface area (Å²) in [5.41, 5.74) is -11.9. The highest BCUT2D eigenvalue weighted by Gasteiger charge is 2.47. The fourth-order valence-electron chi connectivity index (χ4n) is 0.225. The van der Waals surface area contributed by atoms with E-state index in [1.165, 1.54) is 0 Å². The van der Waals surface area contributed by atoms with Crippen LogP contribution in [0.3, 0.4) is 0 Å². The second-order valence-electron chi connectivity index (χ2n) is 2.10. The van der Waals surface area contributed by atoms with Crippen LogP contribution < -0.4 is 0 Å². The van der Waals surface area contributed by atoms with Crippen LogP contribution in [0.15, 0.2) is 0 Å². The number of hydrogen-bond donors (Lipinski definition) is 0. The molecular formula is C4F6O4S2. The molecule has 0 aliphatic carbocycles. The number of alkyl halides is 6. The second kappa shape index (κ2) is 3.81. The zero-order chi connectivity index (χ0) is 13.4. The molecule has 0 unspecified atom stereocenters. The largest absolute Gasteiger partial charge is 0.509 e. The van der Waals surface area contributed by atoms with Crippen LogP contribution >= 0.6 is 0 Å². The van der Waals surface area contributed by atoms with Crippen LogP contribution in [0, 0.1) is 10.5 Å². The van der Waals surface area contributed by atoms with Crippen LogP contribution in [0.25, 0.3) is 0 Å². The Hall–Kier alpha value is -0.960. The fraction of sp³-hybridized carbons (Fsp3) is 0.500. The third-order valence-corrected chi connectivity index (χ3v) is 3.01. The molecule has 0 radical (unpaired) electrons. The minimum atomic E-state index is -6.23. The van der Waals surface area contributed by atoms with Gasteiger partial charge >= 0.3 is 30.7 Å². The third kappa shape index (κ3) is 3.27. The molecule has 94 valence electrons. The standard InChI is InChI=1S/C4F6O4S2/c5-3(6,7)15(11,12)1-2-16(13,14)4(8,9)10. The molecule has 0 saturated heterocycles. The summed E-state index contributed by atoms with van der Waals surface area (Å²) < 4.78 is 110. The van der Waals surface area contributed by atoms with Crippen LogP contribution in [0.2, 0.25) is 0 Å². The van der Waals surface area contributed by atoms with E-state index < -0.39 is 30.7 Å². The Kier molecular flexibility index (Phi) is 3.58. The lowest BCUT2D eigenvalue weighted by molar-refractivity contribution is -0.0430. The molecule has 0 rings (SSSR count). The van der Waals surface area contributed by atoms with Crippen molar-refractivity contribution in [2.75, 3.05) is 0 Å². The van der Waals surface area contributed by atoms with Crippen molar-refractivity contribution in [1.29, 1.82) is 0 Å². The van der Waals surface area contributed by atoms with Crippen molar-refractivity contribution in [3.8, 4) is 10.5 Å². The second-order valence-corrected chi connectivity index (χ2v) is 5.45. The van der Waals surface area contributed by atoms with E-state index in [1.807, 2.05) is 0 Å². The molecule has 0 spiro atoms. The van der Waals surface area contributed by atoms with Gasteiger partial charge in [-0.2, -0.15) is 26.3 Å². The monoisotopic (exact) mass is 290 g/mol. The molecule has 0 heterocycles. The van der Waals surface area contributed by atoms with Crippen LogP contribution in [0.5, 0.6) is 0 Å². The molecule has 0 fully saturated rings. The molecule has 0 amide bonds. The van der Waals surface area contributed by atoms with Gasteiger partial charge in [-0.05, 0) is 0 Å². The van der Waals surface area contributed by atoms with Gasteiger partial charge in [0.2, 0.25) is 0 Å². The summed E-state index contributed by atoms with van der Waals surface area (Å²) in [4.78, 5) is 0. The first kappa shape index (κ1) is 15.0. The van der Waals surface area contributed by atoms with E-state index in [9.17, 15) is 43.2 Å². The number of rotatable bonds is 0. The van der Waals surface area contributed by atoms with Crippen molar-refractivity contribution in [2.45, 2.75) is 11.0 Å². The van der Waals surface area contributed by atoms with Gasteiger partial charge in [0.25, 0.3) is 0 Å². The maximum absolute atomic E-state index is 11.5. The number of hydrogen-bond acceptors (Lipinski definition) is 4. The van der Waals surface area contributed by atoms with Crippen LogP contribution in [-0.4, -0.2) is 27.9 Å². The van der Waals surface area contributed by atoms with Gasteiger partial charge in [-0.15, -0.1) is 0 Å². The zero-order valence-electron chi connectivity index (χ0n) is 6.72. The van der Waals surface area contributed by atoms with Crippen molar-refractivity contribution in [3.63, 3.8) is 0 Å². The van der Waals surface area contributed by atoms with E-state index in [0.717, 1.165) is 0 Å². The lowest BCUT2D eigenvalue weighted by atomic mass is 11.4. The van der Waals surface area contributed by atoms with Gasteiger partial charge in [-0.1, -0.05) is 0 Å². The normalized spacial score (nSPS) is 14.1. The molecule has 0 saturated carbocycles. The number of sulfone groups is 2. The molecule has 16 heavy (non-hydrogen) atoms.